The Hall–Kier alpha value is -1.80. The molecule has 0 aliphatic heterocycles. The van der Waals surface area contributed by atoms with Crippen LogP contribution in [0.5, 0.6) is 0 Å². The quantitative estimate of drug-likeness (QED) is 0.365. The minimum absolute atomic E-state index is 0. The van der Waals surface area contributed by atoms with Gasteiger partial charge in [0.15, 0.2) is 0 Å². The van der Waals surface area contributed by atoms with Crippen LogP contribution in [-0.4, -0.2) is 61.4 Å². The lowest BCUT2D eigenvalue weighted by Gasteiger charge is -2.01. The van der Waals surface area contributed by atoms with Gasteiger partial charge in [-0.2, -0.15) is 0 Å². The number of hydrogen-bond donors (Lipinski definition) is 1. The average Bonchev–Trinajstić information content (AvgIpc) is 2.72. The third-order valence-corrected chi connectivity index (χ3v) is 2.38. The Labute approximate surface area is 207 Å². The summed E-state index contributed by atoms with van der Waals surface area (Å²) in [6.07, 6.45) is 0. The molecule has 6 heteroatoms. The predicted molar refractivity (Wildman–Crippen MR) is 148 cm³/mol. The number of hydrogen-bond acceptors (Lipinski definition) is 6. The number of ether oxygens (including phenoxy) is 5. The molecule has 0 aliphatic carbocycles. The standard InChI is InChI=1S/C9H12O2.C7H8.C2H6O2.2C2H6O.5CH4/c1-10-8-11-7-9-5-3-2-4-6-9;1-7-5-3-2-4-6-7;1-4-2-3;2*1-3-2;;;;;/h2-6H,7-8H2,1H3;2-6H,1H3;3H,2H2,1H3;2*1-2H3;5*1H4. The molecule has 2 aromatic carbocycles. The van der Waals surface area contributed by atoms with Gasteiger partial charge in [-0.05, 0) is 12.5 Å². The second kappa shape index (κ2) is 52.2. The molecule has 1 N–H and O–H groups in total. The lowest BCUT2D eigenvalue weighted by atomic mass is 10.2. The van der Waals surface area contributed by atoms with Crippen LogP contribution in [0.15, 0.2) is 60.7 Å². The summed E-state index contributed by atoms with van der Waals surface area (Å²) in [5.74, 6) is 0. The zero-order valence-corrected chi connectivity index (χ0v) is 18.4. The van der Waals surface area contributed by atoms with Crippen LogP contribution in [0.2, 0.25) is 0 Å². The molecule has 0 radical (unpaired) electrons. The molecule has 6 nitrogen and oxygen atoms in total. The first-order valence-electron chi connectivity index (χ1n) is 8.60. The van der Waals surface area contributed by atoms with Gasteiger partial charge in [-0.1, -0.05) is 103 Å². The van der Waals surface area contributed by atoms with Crippen LogP contribution in [0.4, 0.5) is 0 Å². The van der Waals surface area contributed by atoms with Gasteiger partial charge in [-0.15, -0.1) is 0 Å². The van der Waals surface area contributed by atoms with Crippen molar-refractivity contribution in [2.24, 2.45) is 0 Å². The summed E-state index contributed by atoms with van der Waals surface area (Å²) >= 11 is 0. The van der Waals surface area contributed by atoms with Gasteiger partial charge in [0.25, 0.3) is 0 Å². The van der Waals surface area contributed by atoms with E-state index in [1.807, 2.05) is 48.5 Å². The van der Waals surface area contributed by atoms with E-state index in [1.54, 1.807) is 35.5 Å². The minimum atomic E-state index is -0.181. The highest BCUT2D eigenvalue weighted by Gasteiger charge is 1.88. The summed E-state index contributed by atoms with van der Waals surface area (Å²) in [5, 5.41) is 7.65. The smallest absolute Gasteiger partial charge is 0.146 e. The number of aliphatic hydroxyl groups is 1. The van der Waals surface area contributed by atoms with E-state index in [2.05, 4.69) is 33.3 Å². The number of aryl methyl sites for hydroxylation is 1. The largest absolute Gasteiger partial charge is 0.388 e. The third-order valence-electron chi connectivity index (χ3n) is 2.38. The Balaban J connectivity index is -0.0000000419. The number of aliphatic hydroxyl groups excluding tert-OH is 1. The van der Waals surface area contributed by atoms with Crippen molar-refractivity contribution < 1.29 is 28.8 Å². The normalized spacial score (nSPS) is 7.15. The van der Waals surface area contributed by atoms with Gasteiger partial charge in [0.2, 0.25) is 0 Å². The molecule has 0 unspecified atom stereocenters. The van der Waals surface area contributed by atoms with E-state index in [9.17, 15) is 0 Å². The molecule has 0 aromatic heterocycles. The average molecular weight is 479 g/mol. The van der Waals surface area contributed by atoms with E-state index >= 15 is 0 Å². The van der Waals surface area contributed by atoms with E-state index in [0.29, 0.717) is 13.4 Å². The fourth-order valence-electron chi connectivity index (χ4n) is 1.35. The first kappa shape index (κ1) is 52.9. The molecule has 0 aliphatic rings. The van der Waals surface area contributed by atoms with Gasteiger partial charge < -0.3 is 28.8 Å². The molecule has 0 saturated carbocycles. The lowest BCUT2D eigenvalue weighted by Crippen LogP contribution is -1.96. The highest BCUT2D eigenvalue weighted by atomic mass is 16.7. The van der Waals surface area contributed by atoms with Gasteiger partial charge in [0, 0.05) is 42.7 Å². The summed E-state index contributed by atoms with van der Waals surface area (Å²) in [4.78, 5) is 0. The van der Waals surface area contributed by atoms with Crippen molar-refractivity contribution in [1.29, 1.82) is 0 Å². The van der Waals surface area contributed by atoms with Crippen LogP contribution in [0.3, 0.4) is 0 Å². The Morgan fingerprint density at radius 1 is 0.606 bits per heavy atom. The molecule has 2 rings (SSSR count). The van der Waals surface area contributed by atoms with Gasteiger partial charge >= 0.3 is 0 Å². The Morgan fingerprint density at radius 2 is 0.939 bits per heavy atom. The van der Waals surface area contributed by atoms with Crippen LogP contribution < -0.4 is 0 Å². The summed E-state index contributed by atoms with van der Waals surface area (Å²) in [6.45, 7) is 2.88. The minimum Gasteiger partial charge on any atom is -0.388 e. The van der Waals surface area contributed by atoms with Crippen molar-refractivity contribution in [2.75, 3.05) is 56.2 Å². The fraction of sp³-hybridized carbons (Fsp3) is 0.556. The molecule has 2 aromatic rings. The first-order valence-corrected chi connectivity index (χ1v) is 8.60. The lowest BCUT2D eigenvalue weighted by molar-refractivity contribution is -0.0390. The summed E-state index contributed by atoms with van der Waals surface area (Å²) < 4.78 is 22.5. The Morgan fingerprint density at radius 3 is 1.18 bits per heavy atom. The summed E-state index contributed by atoms with van der Waals surface area (Å²) in [5.41, 5.74) is 2.49. The topological polar surface area (TPSA) is 66.4 Å². The molecule has 0 amide bonds. The predicted octanol–water partition coefficient (Wildman–Crippen LogP) is 7.09. The molecule has 0 bridgehead atoms. The zero-order valence-electron chi connectivity index (χ0n) is 18.4. The molecular formula is C27H58O6. The second-order valence-electron chi connectivity index (χ2n) is 5.13. The van der Waals surface area contributed by atoms with Crippen molar-refractivity contribution in [3.05, 3.63) is 71.8 Å². The molecule has 0 saturated heterocycles. The molecule has 0 atom stereocenters. The molecule has 0 heterocycles. The monoisotopic (exact) mass is 478 g/mol. The van der Waals surface area contributed by atoms with Crippen LogP contribution >= 0.6 is 0 Å². The van der Waals surface area contributed by atoms with Crippen molar-refractivity contribution in [1.82, 2.24) is 0 Å². The van der Waals surface area contributed by atoms with E-state index in [4.69, 9.17) is 14.6 Å². The maximum absolute atomic E-state index is 7.65. The number of benzene rings is 2. The molecule has 0 fully saturated rings. The highest BCUT2D eigenvalue weighted by molar-refractivity contribution is 5.13. The van der Waals surface area contributed by atoms with Crippen molar-refractivity contribution in [3.8, 4) is 0 Å². The van der Waals surface area contributed by atoms with Crippen LogP contribution in [0, 0.1) is 6.92 Å². The van der Waals surface area contributed by atoms with E-state index in [1.165, 1.54) is 18.2 Å². The van der Waals surface area contributed by atoms with Crippen molar-refractivity contribution >= 4 is 0 Å². The maximum atomic E-state index is 7.65. The fourth-order valence-corrected chi connectivity index (χ4v) is 1.35. The molecule has 202 valence electrons. The third kappa shape index (κ3) is 58.9. The van der Waals surface area contributed by atoms with Gasteiger partial charge in [0.1, 0.15) is 13.6 Å². The van der Waals surface area contributed by atoms with Crippen LogP contribution in [-0.2, 0) is 30.3 Å². The first-order chi connectivity index (χ1) is 13.6. The Kier molecular flexibility index (Phi) is 83.7. The van der Waals surface area contributed by atoms with Crippen molar-refractivity contribution in [3.63, 3.8) is 0 Å². The SMILES string of the molecule is C.C.C.C.C.COC.COC.COCO.COCOCc1ccccc1.Cc1ccccc1. The molecule has 0 spiro atoms. The van der Waals surface area contributed by atoms with Gasteiger partial charge in [0.05, 0.1) is 6.61 Å². The maximum Gasteiger partial charge on any atom is 0.146 e. The number of rotatable bonds is 5. The second-order valence-corrected chi connectivity index (χ2v) is 5.13. The van der Waals surface area contributed by atoms with E-state index in [-0.39, 0.29) is 43.9 Å². The van der Waals surface area contributed by atoms with Crippen LogP contribution in [0.1, 0.15) is 48.3 Å². The van der Waals surface area contributed by atoms with Gasteiger partial charge in [-0.25, -0.2) is 0 Å². The highest BCUT2D eigenvalue weighted by Crippen LogP contribution is 1.99. The van der Waals surface area contributed by atoms with Crippen LogP contribution in [0.25, 0.3) is 0 Å². The van der Waals surface area contributed by atoms with Crippen molar-refractivity contribution in [2.45, 2.75) is 50.7 Å². The Bertz CT molecular complexity index is 463. The molecule has 33 heavy (non-hydrogen) atoms. The van der Waals surface area contributed by atoms with Gasteiger partial charge in [-0.3, -0.25) is 0 Å². The zero-order chi connectivity index (χ0) is 21.9. The summed E-state index contributed by atoms with van der Waals surface area (Å²) in [7, 11) is 9.55. The van der Waals surface area contributed by atoms with E-state index in [0.717, 1.165) is 0 Å². The van der Waals surface area contributed by atoms with E-state index < -0.39 is 0 Å². The molecular weight excluding hydrogens is 420 g/mol. The summed E-state index contributed by atoms with van der Waals surface area (Å²) in [6, 6.07) is 20.3. The number of methoxy groups -OCH3 is 4.